The van der Waals surface area contributed by atoms with E-state index in [4.69, 9.17) is 4.74 Å². The van der Waals surface area contributed by atoms with E-state index < -0.39 is 12.1 Å². The van der Waals surface area contributed by atoms with Crippen LogP contribution in [0.15, 0.2) is 6.07 Å². The normalized spacial score (nSPS) is 16.4. The Morgan fingerprint density at radius 1 is 1.23 bits per heavy atom. The molecule has 5 heteroatoms. The van der Waals surface area contributed by atoms with Crippen LogP contribution in [0.5, 0.6) is 0 Å². The zero-order chi connectivity index (χ0) is 16.3. The van der Waals surface area contributed by atoms with Crippen LogP contribution in [0.4, 0.5) is 0 Å². The standard InChI is InChI=1S/C17H25NO3S/c1-11(15(19)18-17(2,3)4)21-16(20)14-10-12-8-6-5-7-9-13(12)22-14/h10-11H,5-9H2,1-4H3,(H,18,19)/t11-/m0/s1. The van der Waals surface area contributed by atoms with Crippen molar-refractivity contribution in [2.45, 2.75) is 71.4 Å². The van der Waals surface area contributed by atoms with Gasteiger partial charge in [-0.15, -0.1) is 11.3 Å². The van der Waals surface area contributed by atoms with Crippen molar-refractivity contribution in [3.05, 3.63) is 21.4 Å². The lowest BCUT2D eigenvalue weighted by Crippen LogP contribution is -2.46. The second-order valence-electron chi connectivity index (χ2n) is 6.91. The summed E-state index contributed by atoms with van der Waals surface area (Å²) in [7, 11) is 0. The fourth-order valence-electron chi connectivity index (χ4n) is 2.51. The molecule has 0 unspecified atom stereocenters. The Balaban J connectivity index is 1.99. The zero-order valence-electron chi connectivity index (χ0n) is 13.8. The minimum absolute atomic E-state index is 0.265. The SMILES string of the molecule is C[C@H](OC(=O)c1cc2c(s1)CCCCC2)C(=O)NC(C)(C)C. The Bertz CT molecular complexity index is 533. The molecular formula is C17H25NO3S. The Morgan fingerprint density at radius 2 is 1.91 bits per heavy atom. The maximum Gasteiger partial charge on any atom is 0.349 e. The van der Waals surface area contributed by atoms with Crippen molar-refractivity contribution >= 4 is 23.2 Å². The number of esters is 1. The number of hydrogen-bond acceptors (Lipinski definition) is 4. The minimum Gasteiger partial charge on any atom is -0.448 e. The summed E-state index contributed by atoms with van der Waals surface area (Å²) in [5, 5.41) is 2.82. The van der Waals surface area contributed by atoms with E-state index in [2.05, 4.69) is 5.32 Å². The van der Waals surface area contributed by atoms with Gasteiger partial charge in [0.15, 0.2) is 6.10 Å². The van der Waals surface area contributed by atoms with Crippen LogP contribution in [0.2, 0.25) is 0 Å². The summed E-state index contributed by atoms with van der Waals surface area (Å²) in [5.41, 5.74) is 0.944. The van der Waals surface area contributed by atoms with E-state index in [9.17, 15) is 9.59 Å². The Hall–Kier alpha value is -1.36. The highest BCUT2D eigenvalue weighted by Crippen LogP contribution is 2.29. The highest BCUT2D eigenvalue weighted by atomic mass is 32.1. The third-order valence-electron chi connectivity index (χ3n) is 3.60. The second kappa shape index (κ2) is 6.82. The maximum absolute atomic E-state index is 12.2. The van der Waals surface area contributed by atoms with Gasteiger partial charge in [-0.05, 0) is 65.0 Å². The first-order chi connectivity index (χ1) is 10.3. The van der Waals surface area contributed by atoms with Gasteiger partial charge in [-0.2, -0.15) is 0 Å². The number of nitrogens with one attached hydrogen (secondary N) is 1. The van der Waals surface area contributed by atoms with Crippen LogP contribution < -0.4 is 5.32 Å². The van der Waals surface area contributed by atoms with Gasteiger partial charge in [0.2, 0.25) is 0 Å². The Kier molecular flexibility index (Phi) is 5.27. The molecule has 0 saturated carbocycles. The van der Waals surface area contributed by atoms with Crippen molar-refractivity contribution in [2.75, 3.05) is 0 Å². The topological polar surface area (TPSA) is 55.4 Å². The van der Waals surface area contributed by atoms with Crippen LogP contribution in [0.3, 0.4) is 0 Å². The number of carbonyl (C=O) groups excluding carboxylic acids is 2. The summed E-state index contributed by atoms with van der Waals surface area (Å²) >= 11 is 1.52. The molecule has 1 aliphatic rings. The number of carbonyl (C=O) groups is 2. The third-order valence-corrected chi connectivity index (χ3v) is 4.82. The summed E-state index contributed by atoms with van der Waals surface area (Å²) in [5.74, 6) is -0.659. The molecule has 0 radical (unpaired) electrons. The summed E-state index contributed by atoms with van der Waals surface area (Å²) in [4.78, 5) is 26.1. The van der Waals surface area contributed by atoms with E-state index in [1.165, 1.54) is 41.0 Å². The number of ether oxygens (including phenoxy) is 1. The fourth-order valence-corrected chi connectivity index (χ4v) is 3.65. The van der Waals surface area contributed by atoms with Crippen LogP contribution in [0.1, 0.15) is 67.1 Å². The first kappa shape index (κ1) is 17.0. The van der Waals surface area contributed by atoms with Crippen molar-refractivity contribution in [3.63, 3.8) is 0 Å². The Morgan fingerprint density at radius 3 is 2.59 bits per heavy atom. The molecule has 0 aromatic carbocycles. The molecule has 122 valence electrons. The molecule has 0 bridgehead atoms. The van der Waals surface area contributed by atoms with Crippen LogP contribution >= 0.6 is 11.3 Å². The van der Waals surface area contributed by atoms with Gasteiger partial charge in [-0.25, -0.2) is 4.79 Å². The number of rotatable bonds is 3. The molecule has 0 saturated heterocycles. The molecule has 1 aliphatic carbocycles. The lowest BCUT2D eigenvalue weighted by atomic mass is 10.1. The molecule has 1 aromatic heterocycles. The van der Waals surface area contributed by atoms with Crippen LogP contribution in [-0.2, 0) is 22.4 Å². The number of hydrogen-bond donors (Lipinski definition) is 1. The second-order valence-corrected chi connectivity index (χ2v) is 8.04. The molecule has 1 amide bonds. The molecule has 22 heavy (non-hydrogen) atoms. The molecule has 1 atom stereocenters. The van der Waals surface area contributed by atoms with E-state index in [1.807, 2.05) is 26.8 Å². The van der Waals surface area contributed by atoms with Crippen LogP contribution in [-0.4, -0.2) is 23.5 Å². The Labute approximate surface area is 136 Å². The molecule has 0 fully saturated rings. The van der Waals surface area contributed by atoms with Gasteiger partial charge in [0, 0.05) is 10.4 Å². The van der Waals surface area contributed by atoms with Gasteiger partial charge >= 0.3 is 5.97 Å². The number of thiophene rings is 1. The minimum atomic E-state index is -0.784. The molecule has 4 nitrogen and oxygen atoms in total. The van der Waals surface area contributed by atoms with Crippen molar-refractivity contribution in [2.24, 2.45) is 0 Å². The molecular weight excluding hydrogens is 298 g/mol. The average Bonchev–Trinajstić information content (AvgIpc) is 2.68. The zero-order valence-corrected chi connectivity index (χ0v) is 14.6. The van der Waals surface area contributed by atoms with E-state index in [1.54, 1.807) is 6.92 Å². The van der Waals surface area contributed by atoms with Crippen molar-refractivity contribution < 1.29 is 14.3 Å². The summed E-state index contributed by atoms with van der Waals surface area (Å²) in [6.07, 6.45) is 4.93. The molecule has 0 spiro atoms. The monoisotopic (exact) mass is 323 g/mol. The van der Waals surface area contributed by atoms with Crippen LogP contribution in [0.25, 0.3) is 0 Å². The lowest BCUT2D eigenvalue weighted by Gasteiger charge is -2.23. The van der Waals surface area contributed by atoms with Gasteiger partial charge < -0.3 is 10.1 Å². The molecule has 2 rings (SSSR count). The predicted octanol–water partition coefficient (Wildman–Crippen LogP) is 3.48. The van der Waals surface area contributed by atoms with E-state index in [-0.39, 0.29) is 11.4 Å². The predicted molar refractivity (Wildman–Crippen MR) is 88.4 cm³/mol. The first-order valence-corrected chi connectivity index (χ1v) is 8.72. The maximum atomic E-state index is 12.2. The summed E-state index contributed by atoms with van der Waals surface area (Å²) in [6, 6.07) is 1.95. The fraction of sp³-hybridized carbons (Fsp3) is 0.647. The van der Waals surface area contributed by atoms with Gasteiger partial charge in [0.25, 0.3) is 5.91 Å². The molecule has 0 aliphatic heterocycles. The third kappa shape index (κ3) is 4.57. The van der Waals surface area contributed by atoms with E-state index >= 15 is 0 Å². The van der Waals surface area contributed by atoms with Crippen molar-refractivity contribution in [3.8, 4) is 0 Å². The number of amides is 1. The molecule has 1 heterocycles. The highest BCUT2D eigenvalue weighted by molar-refractivity contribution is 7.14. The van der Waals surface area contributed by atoms with Gasteiger partial charge in [-0.1, -0.05) is 6.42 Å². The number of aryl methyl sites for hydroxylation is 2. The van der Waals surface area contributed by atoms with Gasteiger partial charge in [-0.3, -0.25) is 4.79 Å². The lowest BCUT2D eigenvalue weighted by molar-refractivity contribution is -0.130. The van der Waals surface area contributed by atoms with E-state index in [0.717, 1.165) is 12.8 Å². The van der Waals surface area contributed by atoms with Crippen LogP contribution in [0, 0.1) is 0 Å². The quantitative estimate of drug-likeness (QED) is 0.684. The highest BCUT2D eigenvalue weighted by Gasteiger charge is 2.24. The smallest absolute Gasteiger partial charge is 0.349 e. The molecule has 1 N–H and O–H groups in total. The summed E-state index contributed by atoms with van der Waals surface area (Å²) in [6.45, 7) is 7.30. The number of fused-ring (bicyclic) bond motifs is 1. The van der Waals surface area contributed by atoms with Gasteiger partial charge in [0.1, 0.15) is 4.88 Å². The van der Waals surface area contributed by atoms with Crippen molar-refractivity contribution in [1.82, 2.24) is 5.32 Å². The summed E-state index contributed by atoms with van der Waals surface area (Å²) < 4.78 is 5.31. The molecule has 1 aromatic rings. The largest absolute Gasteiger partial charge is 0.448 e. The first-order valence-electron chi connectivity index (χ1n) is 7.91. The van der Waals surface area contributed by atoms with Gasteiger partial charge in [0.05, 0.1) is 0 Å². The van der Waals surface area contributed by atoms with Crippen molar-refractivity contribution in [1.29, 1.82) is 0 Å². The van der Waals surface area contributed by atoms with E-state index in [0.29, 0.717) is 4.88 Å². The average molecular weight is 323 g/mol.